The summed E-state index contributed by atoms with van der Waals surface area (Å²) in [4.78, 5) is 4.05. The van der Waals surface area contributed by atoms with Gasteiger partial charge in [-0.2, -0.15) is 0 Å². The van der Waals surface area contributed by atoms with Gasteiger partial charge in [0.1, 0.15) is 0 Å². The summed E-state index contributed by atoms with van der Waals surface area (Å²) in [5, 5.41) is 2.35. The Bertz CT molecular complexity index is 396. The number of pyridine rings is 1. The summed E-state index contributed by atoms with van der Waals surface area (Å²) in [6.45, 7) is 0. The zero-order chi connectivity index (χ0) is 8.39. The highest BCUT2D eigenvalue weighted by molar-refractivity contribution is 6.18. The number of hydrogen-bond acceptors (Lipinski definition) is 1. The van der Waals surface area contributed by atoms with Crippen LogP contribution in [0.25, 0.3) is 10.8 Å². The van der Waals surface area contributed by atoms with Gasteiger partial charge in [-0.25, -0.2) is 0 Å². The lowest BCUT2D eigenvalue weighted by molar-refractivity contribution is 1.35. The minimum absolute atomic E-state index is 0. The number of aromatic nitrogens is 1. The first-order valence-electron chi connectivity index (χ1n) is 3.79. The quantitative estimate of drug-likeness (QED) is 0.663. The number of alkyl halides is 1. The SMILES string of the molecule is Cl.ClCc1cccc2cnccc12. The first-order valence-corrected chi connectivity index (χ1v) is 4.33. The van der Waals surface area contributed by atoms with Crippen molar-refractivity contribution in [2.45, 2.75) is 5.88 Å². The highest BCUT2D eigenvalue weighted by Gasteiger charge is 1.97. The molecule has 1 heterocycles. The standard InChI is InChI=1S/C10H8ClN.ClH/c11-6-8-2-1-3-9-7-12-5-4-10(8)9;/h1-5,7H,6H2;1H. The minimum Gasteiger partial charge on any atom is -0.264 e. The van der Waals surface area contributed by atoms with Crippen LogP contribution in [0.2, 0.25) is 0 Å². The van der Waals surface area contributed by atoms with Crippen molar-refractivity contribution in [2.24, 2.45) is 0 Å². The van der Waals surface area contributed by atoms with Crippen molar-refractivity contribution in [3.05, 3.63) is 42.2 Å². The molecule has 1 aromatic carbocycles. The van der Waals surface area contributed by atoms with Crippen molar-refractivity contribution in [2.75, 3.05) is 0 Å². The largest absolute Gasteiger partial charge is 0.264 e. The van der Waals surface area contributed by atoms with E-state index in [4.69, 9.17) is 11.6 Å². The van der Waals surface area contributed by atoms with Gasteiger partial charge in [-0.3, -0.25) is 4.98 Å². The monoisotopic (exact) mass is 213 g/mol. The Labute approximate surface area is 88.2 Å². The minimum atomic E-state index is 0. The van der Waals surface area contributed by atoms with Crippen molar-refractivity contribution in [3.8, 4) is 0 Å². The molecule has 1 aromatic heterocycles. The Morgan fingerprint density at radius 2 is 2.08 bits per heavy atom. The molecular formula is C10H9Cl2N. The van der Waals surface area contributed by atoms with Crippen LogP contribution in [-0.4, -0.2) is 4.98 Å². The van der Waals surface area contributed by atoms with E-state index in [1.165, 1.54) is 5.39 Å². The van der Waals surface area contributed by atoms with Crippen LogP contribution in [0.3, 0.4) is 0 Å². The summed E-state index contributed by atoms with van der Waals surface area (Å²) < 4.78 is 0. The van der Waals surface area contributed by atoms with E-state index in [0.717, 1.165) is 10.9 Å². The lowest BCUT2D eigenvalue weighted by atomic mass is 10.1. The number of halogens is 2. The fraction of sp³-hybridized carbons (Fsp3) is 0.100. The third-order valence-corrected chi connectivity index (χ3v) is 2.20. The third-order valence-electron chi connectivity index (χ3n) is 1.92. The molecule has 0 aliphatic heterocycles. The molecule has 0 saturated carbocycles. The second-order valence-corrected chi connectivity index (χ2v) is 2.91. The predicted octanol–water partition coefficient (Wildman–Crippen LogP) is 3.40. The van der Waals surface area contributed by atoms with Crippen LogP contribution < -0.4 is 0 Å². The molecule has 0 bridgehead atoms. The maximum absolute atomic E-state index is 5.79. The molecule has 1 nitrogen and oxygen atoms in total. The molecule has 2 rings (SSSR count). The fourth-order valence-corrected chi connectivity index (χ4v) is 1.54. The smallest absolute Gasteiger partial charge is 0.0480 e. The van der Waals surface area contributed by atoms with Gasteiger partial charge in [0, 0.05) is 23.7 Å². The van der Waals surface area contributed by atoms with E-state index in [9.17, 15) is 0 Å². The van der Waals surface area contributed by atoms with Crippen molar-refractivity contribution >= 4 is 34.8 Å². The first kappa shape index (κ1) is 10.3. The molecule has 0 radical (unpaired) electrons. The van der Waals surface area contributed by atoms with E-state index in [0.29, 0.717) is 5.88 Å². The molecule has 3 heteroatoms. The van der Waals surface area contributed by atoms with Gasteiger partial charge in [-0.1, -0.05) is 18.2 Å². The van der Waals surface area contributed by atoms with Gasteiger partial charge in [0.15, 0.2) is 0 Å². The maximum atomic E-state index is 5.79. The summed E-state index contributed by atoms with van der Waals surface area (Å²) in [6, 6.07) is 8.07. The number of nitrogens with zero attached hydrogens (tertiary/aromatic N) is 1. The highest BCUT2D eigenvalue weighted by Crippen LogP contribution is 2.18. The summed E-state index contributed by atoms with van der Waals surface area (Å²) in [6.07, 6.45) is 3.64. The van der Waals surface area contributed by atoms with E-state index in [-0.39, 0.29) is 12.4 Å². The first-order chi connectivity index (χ1) is 5.92. The molecule has 0 saturated heterocycles. The van der Waals surface area contributed by atoms with E-state index in [2.05, 4.69) is 4.98 Å². The number of fused-ring (bicyclic) bond motifs is 1. The molecule has 0 atom stereocenters. The van der Waals surface area contributed by atoms with Crippen LogP contribution >= 0.6 is 24.0 Å². The van der Waals surface area contributed by atoms with E-state index in [1.807, 2.05) is 30.5 Å². The summed E-state index contributed by atoms with van der Waals surface area (Å²) in [5.74, 6) is 0.557. The molecule has 0 fully saturated rings. The van der Waals surface area contributed by atoms with Crippen LogP contribution in [0.1, 0.15) is 5.56 Å². The van der Waals surface area contributed by atoms with E-state index >= 15 is 0 Å². The van der Waals surface area contributed by atoms with Crippen molar-refractivity contribution < 1.29 is 0 Å². The zero-order valence-corrected chi connectivity index (χ0v) is 8.48. The molecular weight excluding hydrogens is 205 g/mol. The number of rotatable bonds is 1. The van der Waals surface area contributed by atoms with Crippen LogP contribution in [0.15, 0.2) is 36.7 Å². The highest BCUT2D eigenvalue weighted by atomic mass is 35.5. The summed E-state index contributed by atoms with van der Waals surface area (Å²) in [7, 11) is 0. The van der Waals surface area contributed by atoms with Gasteiger partial charge >= 0.3 is 0 Å². The second-order valence-electron chi connectivity index (χ2n) is 2.65. The molecule has 0 aliphatic rings. The third kappa shape index (κ3) is 1.93. The molecule has 2 aromatic rings. The van der Waals surface area contributed by atoms with E-state index < -0.39 is 0 Å². The van der Waals surface area contributed by atoms with Crippen LogP contribution in [0.5, 0.6) is 0 Å². The van der Waals surface area contributed by atoms with E-state index in [1.54, 1.807) is 6.20 Å². The Morgan fingerprint density at radius 1 is 1.23 bits per heavy atom. The van der Waals surface area contributed by atoms with Crippen molar-refractivity contribution in [3.63, 3.8) is 0 Å². The van der Waals surface area contributed by atoms with Crippen molar-refractivity contribution in [1.82, 2.24) is 4.98 Å². The number of hydrogen-bond donors (Lipinski definition) is 0. The van der Waals surface area contributed by atoms with Crippen LogP contribution in [0.4, 0.5) is 0 Å². The van der Waals surface area contributed by atoms with Gasteiger partial charge in [-0.15, -0.1) is 24.0 Å². The van der Waals surface area contributed by atoms with Gasteiger partial charge in [0.25, 0.3) is 0 Å². The zero-order valence-electron chi connectivity index (χ0n) is 6.90. The van der Waals surface area contributed by atoms with Gasteiger partial charge in [0.2, 0.25) is 0 Å². The summed E-state index contributed by atoms with van der Waals surface area (Å²) >= 11 is 5.79. The Kier molecular flexibility index (Phi) is 3.52. The number of benzene rings is 1. The van der Waals surface area contributed by atoms with Crippen LogP contribution in [0, 0.1) is 0 Å². The molecule has 0 unspecified atom stereocenters. The Morgan fingerprint density at radius 3 is 2.85 bits per heavy atom. The average Bonchev–Trinajstić information content (AvgIpc) is 2.17. The Balaban J connectivity index is 0.000000845. The second kappa shape index (κ2) is 4.45. The predicted molar refractivity (Wildman–Crippen MR) is 58.5 cm³/mol. The molecule has 0 amide bonds. The van der Waals surface area contributed by atoms with Crippen molar-refractivity contribution in [1.29, 1.82) is 0 Å². The average molecular weight is 214 g/mol. The lowest BCUT2D eigenvalue weighted by Gasteiger charge is -2.00. The lowest BCUT2D eigenvalue weighted by Crippen LogP contribution is -1.81. The molecule has 0 aliphatic carbocycles. The molecule has 68 valence electrons. The fourth-order valence-electron chi connectivity index (χ4n) is 1.31. The topological polar surface area (TPSA) is 12.9 Å². The molecule has 0 spiro atoms. The molecule has 13 heavy (non-hydrogen) atoms. The summed E-state index contributed by atoms with van der Waals surface area (Å²) in [5.41, 5.74) is 1.16. The maximum Gasteiger partial charge on any atom is 0.0480 e. The molecule has 0 N–H and O–H groups in total. The van der Waals surface area contributed by atoms with Gasteiger partial charge in [-0.05, 0) is 17.0 Å². The normalized spacial score (nSPS) is 9.62. The Hall–Kier alpha value is -0.790. The van der Waals surface area contributed by atoms with Gasteiger partial charge in [0.05, 0.1) is 0 Å². The van der Waals surface area contributed by atoms with Crippen LogP contribution in [-0.2, 0) is 5.88 Å². The van der Waals surface area contributed by atoms with Gasteiger partial charge < -0.3 is 0 Å².